The van der Waals surface area contributed by atoms with Crippen LogP contribution in [0.1, 0.15) is 5.69 Å². The zero-order valence-electron chi connectivity index (χ0n) is 17.7. The SMILES string of the molecule is COc1ccc(NC(=O)Cn2cc(OC)c(=O)cc2CSc2nccn2C)c(OC)c1. The van der Waals surface area contributed by atoms with Gasteiger partial charge in [-0.2, -0.15) is 0 Å². The molecule has 1 amide bonds. The molecule has 0 fully saturated rings. The van der Waals surface area contributed by atoms with Crippen LogP contribution in [0.25, 0.3) is 0 Å². The van der Waals surface area contributed by atoms with Crippen molar-refractivity contribution in [3.05, 3.63) is 58.8 Å². The number of benzene rings is 1. The van der Waals surface area contributed by atoms with E-state index < -0.39 is 0 Å². The number of ether oxygens (including phenoxy) is 3. The van der Waals surface area contributed by atoms with Gasteiger partial charge in [-0.1, -0.05) is 11.8 Å². The van der Waals surface area contributed by atoms with Gasteiger partial charge in [0.15, 0.2) is 10.9 Å². The van der Waals surface area contributed by atoms with Crippen molar-refractivity contribution >= 4 is 23.4 Å². The molecule has 0 saturated carbocycles. The number of carbonyl (C=O) groups excluding carboxylic acids is 1. The van der Waals surface area contributed by atoms with Gasteiger partial charge in [-0.3, -0.25) is 9.59 Å². The van der Waals surface area contributed by atoms with Gasteiger partial charge in [-0.15, -0.1) is 0 Å². The highest BCUT2D eigenvalue weighted by molar-refractivity contribution is 7.98. The number of aromatic nitrogens is 3. The summed E-state index contributed by atoms with van der Waals surface area (Å²) >= 11 is 1.47. The van der Waals surface area contributed by atoms with Gasteiger partial charge >= 0.3 is 0 Å². The van der Waals surface area contributed by atoms with E-state index in [4.69, 9.17) is 14.2 Å². The van der Waals surface area contributed by atoms with Crippen LogP contribution in [-0.4, -0.2) is 41.4 Å². The minimum absolute atomic E-state index is 0.0116. The minimum Gasteiger partial charge on any atom is -0.497 e. The number of rotatable bonds is 9. The zero-order chi connectivity index (χ0) is 22.4. The zero-order valence-corrected chi connectivity index (χ0v) is 18.6. The number of thioether (sulfide) groups is 1. The van der Waals surface area contributed by atoms with E-state index in [9.17, 15) is 9.59 Å². The molecule has 164 valence electrons. The lowest BCUT2D eigenvalue weighted by Gasteiger charge is -2.16. The molecule has 9 nitrogen and oxygen atoms in total. The number of imidazole rings is 1. The fourth-order valence-electron chi connectivity index (χ4n) is 2.89. The second-order valence-corrected chi connectivity index (χ2v) is 7.49. The van der Waals surface area contributed by atoms with Crippen LogP contribution in [0.5, 0.6) is 17.2 Å². The highest BCUT2D eigenvalue weighted by atomic mass is 32.2. The Bertz CT molecular complexity index is 1130. The van der Waals surface area contributed by atoms with E-state index in [1.165, 1.54) is 32.0 Å². The first-order valence-electron chi connectivity index (χ1n) is 9.34. The van der Waals surface area contributed by atoms with Gasteiger partial charge < -0.3 is 28.7 Å². The number of nitrogens with one attached hydrogen (secondary N) is 1. The van der Waals surface area contributed by atoms with Gasteiger partial charge in [0.05, 0.1) is 33.2 Å². The van der Waals surface area contributed by atoms with Crippen molar-refractivity contribution in [3.63, 3.8) is 0 Å². The lowest BCUT2D eigenvalue weighted by atomic mass is 10.2. The lowest BCUT2D eigenvalue weighted by molar-refractivity contribution is -0.116. The molecule has 0 aliphatic heterocycles. The first-order valence-corrected chi connectivity index (χ1v) is 10.3. The van der Waals surface area contributed by atoms with Crippen molar-refractivity contribution in [1.29, 1.82) is 0 Å². The van der Waals surface area contributed by atoms with Crippen LogP contribution in [0.15, 0.2) is 52.8 Å². The van der Waals surface area contributed by atoms with Gasteiger partial charge in [-0.05, 0) is 12.1 Å². The number of methoxy groups -OCH3 is 3. The quantitative estimate of drug-likeness (QED) is 0.507. The topological polar surface area (TPSA) is 96.6 Å². The minimum atomic E-state index is -0.280. The number of hydrogen-bond acceptors (Lipinski definition) is 7. The van der Waals surface area contributed by atoms with Crippen LogP contribution in [0, 0.1) is 0 Å². The Hall–Kier alpha value is -3.40. The van der Waals surface area contributed by atoms with Crippen molar-refractivity contribution in [1.82, 2.24) is 14.1 Å². The summed E-state index contributed by atoms with van der Waals surface area (Å²) in [5.74, 6) is 1.45. The normalized spacial score (nSPS) is 10.6. The van der Waals surface area contributed by atoms with Crippen LogP contribution in [0.4, 0.5) is 5.69 Å². The summed E-state index contributed by atoms with van der Waals surface area (Å²) in [5.41, 5.74) is 0.951. The van der Waals surface area contributed by atoms with Gasteiger partial charge in [0.25, 0.3) is 0 Å². The molecule has 1 aromatic carbocycles. The van der Waals surface area contributed by atoms with Gasteiger partial charge in [0.2, 0.25) is 11.3 Å². The van der Waals surface area contributed by atoms with Crippen LogP contribution >= 0.6 is 11.8 Å². The smallest absolute Gasteiger partial charge is 0.244 e. The Morgan fingerprint density at radius 1 is 1.13 bits per heavy atom. The first kappa shape index (κ1) is 22.3. The van der Waals surface area contributed by atoms with E-state index in [0.717, 1.165) is 5.16 Å². The molecule has 0 aliphatic rings. The third-order valence-electron chi connectivity index (χ3n) is 4.53. The Kier molecular flexibility index (Phi) is 7.24. The molecule has 2 aromatic heterocycles. The van der Waals surface area contributed by atoms with E-state index in [2.05, 4.69) is 10.3 Å². The Labute approximate surface area is 184 Å². The fourth-order valence-corrected chi connectivity index (χ4v) is 3.82. The number of hydrogen-bond donors (Lipinski definition) is 1. The van der Waals surface area contributed by atoms with Crippen LogP contribution < -0.4 is 25.0 Å². The van der Waals surface area contributed by atoms with E-state index in [1.54, 1.807) is 42.3 Å². The number of amides is 1. The Morgan fingerprint density at radius 2 is 1.90 bits per heavy atom. The summed E-state index contributed by atoms with van der Waals surface area (Å²) in [7, 11) is 6.39. The van der Waals surface area contributed by atoms with Gasteiger partial charge in [0.1, 0.15) is 18.0 Å². The van der Waals surface area contributed by atoms with Crippen molar-refractivity contribution in [2.24, 2.45) is 7.05 Å². The summed E-state index contributed by atoms with van der Waals surface area (Å²) in [6, 6.07) is 6.61. The predicted molar refractivity (Wildman–Crippen MR) is 118 cm³/mol. The highest BCUT2D eigenvalue weighted by Crippen LogP contribution is 2.29. The van der Waals surface area contributed by atoms with Gasteiger partial charge in [0, 0.05) is 43.0 Å². The highest BCUT2D eigenvalue weighted by Gasteiger charge is 2.14. The molecular formula is C21H24N4O5S. The van der Waals surface area contributed by atoms with E-state index in [-0.39, 0.29) is 23.6 Å². The first-order chi connectivity index (χ1) is 14.9. The second-order valence-electron chi connectivity index (χ2n) is 6.55. The molecule has 0 atom stereocenters. The Morgan fingerprint density at radius 3 is 2.55 bits per heavy atom. The van der Waals surface area contributed by atoms with Gasteiger partial charge in [-0.25, -0.2) is 4.98 Å². The summed E-state index contributed by atoms with van der Waals surface area (Å²) in [4.78, 5) is 29.3. The monoisotopic (exact) mass is 444 g/mol. The molecule has 0 radical (unpaired) electrons. The number of aryl methyl sites for hydroxylation is 1. The average molecular weight is 445 g/mol. The number of anilines is 1. The van der Waals surface area contributed by atoms with Crippen LogP contribution in [0.3, 0.4) is 0 Å². The second kappa shape index (κ2) is 10.1. The third kappa shape index (κ3) is 5.40. The Balaban J connectivity index is 1.81. The fraction of sp³-hybridized carbons (Fsp3) is 0.286. The molecule has 0 bridgehead atoms. The third-order valence-corrected chi connectivity index (χ3v) is 5.62. The maximum absolute atomic E-state index is 12.8. The molecular weight excluding hydrogens is 420 g/mol. The summed E-state index contributed by atoms with van der Waals surface area (Å²) in [5, 5.41) is 3.64. The predicted octanol–water partition coefficient (Wildman–Crippen LogP) is 2.54. The van der Waals surface area contributed by atoms with Crippen molar-refractivity contribution in [2.75, 3.05) is 26.6 Å². The maximum Gasteiger partial charge on any atom is 0.244 e. The van der Waals surface area contributed by atoms with Crippen LogP contribution in [0.2, 0.25) is 0 Å². The molecule has 10 heteroatoms. The lowest BCUT2D eigenvalue weighted by Crippen LogP contribution is -2.23. The molecule has 31 heavy (non-hydrogen) atoms. The molecule has 0 unspecified atom stereocenters. The van der Waals surface area contributed by atoms with Crippen molar-refractivity contribution < 1.29 is 19.0 Å². The molecule has 2 heterocycles. The molecule has 3 aromatic rings. The summed E-state index contributed by atoms with van der Waals surface area (Å²) in [6.45, 7) is -0.0116. The van der Waals surface area contributed by atoms with E-state index in [1.807, 2.05) is 17.8 Å². The average Bonchev–Trinajstić information content (AvgIpc) is 3.18. The molecule has 3 rings (SSSR count). The maximum atomic E-state index is 12.8. The summed E-state index contributed by atoms with van der Waals surface area (Å²) < 4.78 is 19.2. The largest absolute Gasteiger partial charge is 0.497 e. The van der Waals surface area contributed by atoms with E-state index in [0.29, 0.717) is 28.6 Å². The number of carbonyl (C=O) groups is 1. The molecule has 0 aliphatic carbocycles. The van der Waals surface area contributed by atoms with Crippen molar-refractivity contribution in [2.45, 2.75) is 17.5 Å². The molecule has 0 spiro atoms. The number of nitrogens with zero attached hydrogens (tertiary/aromatic N) is 3. The van der Waals surface area contributed by atoms with E-state index >= 15 is 0 Å². The standard InChI is InChI=1S/C21H24N4O5S/c1-24-8-7-22-21(24)31-13-14-9-17(26)19(30-4)11-25(14)12-20(27)23-16-6-5-15(28-2)10-18(16)29-3/h5-11H,12-13H2,1-4H3,(H,23,27). The molecule has 0 saturated heterocycles. The van der Waals surface area contributed by atoms with Crippen LogP contribution in [-0.2, 0) is 24.1 Å². The van der Waals surface area contributed by atoms with Crippen molar-refractivity contribution in [3.8, 4) is 17.2 Å². The summed E-state index contributed by atoms with van der Waals surface area (Å²) in [6.07, 6.45) is 5.10. The number of pyridine rings is 1. The molecule has 1 N–H and O–H groups in total.